The topological polar surface area (TPSA) is 0 Å². The summed E-state index contributed by atoms with van der Waals surface area (Å²) in [5, 5.41) is 2.89. The molecule has 2 aromatic carbocycles. The highest BCUT2D eigenvalue weighted by atomic mass is 14.5. The van der Waals surface area contributed by atoms with Crippen molar-refractivity contribution in [3.05, 3.63) is 53.1 Å². The Balaban J connectivity index is 2.18. The van der Waals surface area contributed by atoms with Crippen LogP contribution in [0.3, 0.4) is 0 Å². The van der Waals surface area contributed by atoms with E-state index in [1.807, 2.05) is 0 Å². The van der Waals surface area contributed by atoms with E-state index in [4.69, 9.17) is 0 Å². The molecule has 2 aliphatic rings. The lowest BCUT2D eigenvalue weighted by Gasteiger charge is -2.48. The molecular formula is C20H22. The molecule has 0 amide bonds. The van der Waals surface area contributed by atoms with Crippen LogP contribution in [-0.2, 0) is 5.41 Å². The Bertz CT molecular complexity index is 744. The van der Waals surface area contributed by atoms with Crippen LogP contribution in [0.15, 0.2) is 36.4 Å². The minimum absolute atomic E-state index is 0.266. The summed E-state index contributed by atoms with van der Waals surface area (Å²) in [6.07, 6.45) is 6.02. The van der Waals surface area contributed by atoms with E-state index in [0.29, 0.717) is 11.3 Å². The van der Waals surface area contributed by atoms with Crippen LogP contribution in [0.1, 0.15) is 56.7 Å². The van der Waals surface area contributed by atoms with E-state index in [-0.39, 0.29) is 5.41 Å². The molecule has 0 aliphatic heterocycles. The van der Waals surface area contributed by atoms with Crippen molar-refractivity contribution in [2.75, 3.05) is 0 Å². The van der Waals surface area contributed by atoms with E-state index in [1.54, 1.807) is 11.1 Å². The van der Waals surface area contributed by atoms with Crippen LogP contribution in [0.25, 0.3) is 16.8 Å². The second-order valence-corrected chi connectivity index (χ2v) is 7.86. The largest absolute Gasteiger partial charge is 0.0758 e. The lowest BCUT2D eigenvalue weighted by Crippen LogP contribution is -2.38. The van der Waals surface area contributed by atoms with E-state index in [1.165, 1.54) is 22.8 Å². The Morgan fingerprint density at radius 3 is 2.60 bits per heavy atom. The number of rotatable bonds is 0. The molecule has 0 saturated carbocycles. The summed E-state index contributed by atoms with van der Waals surface area (Å²) < 4.78 is 0. The molecule has 1 unspecified atom stereocenters. The lowest BCUT2D eigenvalue weighted by molar-refractivity contribution is 0.208. The van der Waals surface area contributed by atoms with Crippen molar-refractivity contribution in [1.29, 1.82) is 0 Å². The predicted octanol–water partition coefficient (Wildman–Crippen LogP) is 5.66. The van der Waals surface area contributed by atoms with Gasteiger partial charge in [-0.3, -0.25) is 0 Å². The molecule has 1 atom stereocenters. The van der Waals surface area contributed by atoms with Gasteiger partial charge in [0.15, 0.2) is 0 Å². The first-order chi connectivity index (χ1) is 9.40. The first kappa shape index (κ1) is 12.2. The van der Waals surface area contributed by atoms with Gasteiger partial charge in [-0.25, -0.2) is 0 Å². The Labute approximate surface area is 121 Å². The van der Waals surface area contributed by atoms with Crippen molar-refractivity contribution in [3.63, 3.8) is 0 Å². The van der Waals surface area contributed by atoms with Gasteiger partial charge in [0.25, 0.3) is 0 Å². The van der Waals surface area contributed by atoms with Crippen LogP contribution in [0.5, 0.6) is 0 Å². The van der Waals surface area contributed by atoms with E-state index < -0.39 is 0 Å². The van der Waals surface area contributed by atoms with Crippen molar-refractivity contribution in [2.24, 2.45) is 5.41 Å². The molecule has 20 heavy (non-hydrogen) atoms. The number of allylic oxidation sites excluding steroid dienone is 1. The Hall–Kier alpha value is -1.56. The molecule has 0 fully saturated rings. The highest BCUT2D eigenvalue weighted by Crippen LogP contribution is 2.56. The van der Waals surface area contributed by atoms with Crippen molar-refractivity contribution in [3.8, 4) is 0 Å². The SMILES string of the molecule is CC1(C)CC(C)(C)C2C=Cc3cccc4ccc1c2c34. The zero-order valence-electron chi connectivity index (χ0n) is 12.8. The van der Waals surface area contributed by atoms with Crippen LogP contribution in [-0.4, -0.2) is 0 Å². The maximum absolute atomic E-state index is 2.44. The second kappa shape index (κ2) is 3.55. The highest BCUT2D eigenvalue weighted by Gasteiger charge is 2.44. The molecule has 0 heterocycles. The van der Waals surface area contributed by atoms with Crippen LogP contribution in [0.4, 0.5) is 0 Å². The van der Waals surface area contributed by atoms with Gasteiger partial charge in [-0.1, -0.05) is 70.2 Å². The van der Waals surface area contributed by atoms with Gasteiger partial charge in [0.1, 0.15) is 0 Å². The molecule has 0 N–H and O–H groups in total. The van der Waals surface area contributed by atoms with E-state index in [2.05, 4.69) is 70.2 Å². The zero-order chi connectivity index (χ0) is 14.1. The first-order valence-electron chi connectivity index (χ1n) is 7.64. The fourth-order valence-electron chi connectivity index (χ4n) is 4.78. The van der Waals surface area contributed by atoms with Gasteiger partial charge in [-0.15, -0.1) is 0 Å². The number of hydrogen-bond donors (Lipinski definition) is 0. The lowest BCUT2D eigenvalue weighted by atomic mass is 9.56. The van der Waals surface area contributed by atoms with Crippen molar-refractivity contribution >= 4 is 16.8 Å². The summed E-state index contributed by atoms with van der Waals surface area (Å²) in [6, 6.07) is 11.4. The van der Waals surface area contributed by atoms with E-state index >= 15 is 0 Å². The summed E-state index contributed by atoms with van der Waals surface area (Å²) in [5.74, 6) is 0.559. The van der Waals surface area contributed by atoms with Crippen molar-refractivity contribution < 1.29 is 0 Å². The summed E-state index contributed by atoms with van der Waals surface area (Å²) in [6.45, 7) is 9.67. The predicted molar refractivity (Wildman–Crippen MR) is 87.1 cm³/mol. The third kappa shape index (κ3) is 1.43. The Morgan fingerprint density at radius 2 is 1.80 bits per heavy atom. The minimum atomic E-state index is 0.266. The summed E-state index contributed by atoms with van der Waals surface area (Å²) in [4.78, 5) is 0. The van der Waals surface area contributed by atoms with Crippen LogP contribution >= 0.6 is 0 Å². The van der Waals surface area contributed by atoms with Crippen LogP contribution in [0.2, 0.25) is 0 Å². The van der Waals surface area contributed by atoms with Gasteiger partial charge in [0, 0.05) is 5.92 Å². The zero-order valence-corrected chi connectivity index (χ0v) is 12.8. The smallest absolute Gasteiger partial charge is 0.00821 e. The Kier molecular flexibility index (Phi) is 2.17. The molecule has 4 rings (SSSR count). The fourth-order valence-corrected chi connectivity index (χ4v) is 4.78. The van der Waals surface area contributed by atoms with Gasteiger partial charge in [0.2, 0.25) is 0 Å². The molecule has 0 aromatic heterocycles. The normalized spacial score (nSPS) is 24.9. The molecular weight excluding hydrogens is 240 g/mol. The van der Waals surface area contributed by atoms with Gasteiger partial charge in [-0.2, -0.15) is 0 Å². The summed E-state index contributed by atoms with van der Waals surface area (Å²) in [7, 11) is 0. The van der Waals surface area contributed by atoms with E-state index in [9.17, 15) is 0 Å². The fraction of sp³-hybridized carbons (Fsp3) is 0.400. The second-order valence-electron chi connectivity index (χ2n) is 7.86. The minimum Gasteiger partial charge on any atom is -0.0758 e. The molecule has 0 nitrogen and oxygen atoms in total. The summed E-state index contributed by atoms with van der Waals surface area (Å²) >= 11 is 0. The van der Waals surface area contributed by atoms with Crippen LogP contribution < -0.4 is 0 Å². The van der Waals surface area contributed by atoms with Crippen LogP contribution in [0, 0.1) is 5.41 Å². The summed E-state index contributed by atoms with van der Waals surface area (Å²) in [5.41, 5.74) is 5.15. The molecule has 0 bridgehead atoms. The first-order valence-corrected chi connectivity index (χ1v) is 7.64. The molecule has 2 aromatic rings. The highest BCUT2D eigenvalue weighted by molar-refractivity contribution is 5.97. The molecule has 0 heteroatoms. The molecule has 2 aliphatic carbocycles. The Morgan fingerprint density at radius 1 is 1.00 bits per heavy atom. The number of benzene rings is 2. The molecule has 0 radical (unpaired) electrons. The van der Waals surface area contributed by atoms with E-state index in [0.717, 1.165) is 0 Å². The third-order valence-electron chi connectivity index (χ3n) is 5.37. The average molecular weight is 262 g/mol. The number of hydrogen-bond acceptors (Lipinski definition) is 0. The van der Waals surface area contributed by atoms with Crippen molar-refractivity contribution in [2.45, 2.75) is 45.4 Å². The molecule has 0 saturated heterocycles. The maximum Gasteiger partial charge on any atom is 0.00821 e. The molecule has 102 valence electrons. The maximum atomic E-state index is 2.44. The van der Waals surface area contributed by atoms with Crippen molar-refractivity contribution in [1.82, 2.24) is 0 Å². The van der Waals surface area contributed by atoms with Gasteiger partial charge < -0.3 is 0 Å². The standard InChI is InChI=1S/C20H22/c1-19(2)12-20(3,4)16-11-9-14-7-5-6-13-8-10-15(19)18(16)17(13)14/h5-11,15H,12H2,1-4H3. The average Bonchev–Trinajstić information content (AvgIpc) is 2.37. The van der Waals surface area contributed by atoms with Gasteiger partial charge in [0.05, 0.1) is 0 Å². The van der Waals surface area contributed by atoms with Gasteiger partial charge >= 0.3 is 0 Å². The van der Waals surface area contributed by atoms with Gasteiger partial charge in [-0.05, 0) is 44.7 Å². The molecule has 0 spiro atoms. The monoisotopic (exact) mass is 262 g/mol. The quantitative estimate of drug-likeness (QED) is 0.575. The third-order valence-corrected chi connectivity index (χ3v) is 5.37.